The predicted molar refractivity (Wildman–Crippen MR) is 49.0 cm³/mol. The summed E-state index contributed by atoms with van der Waals surface area (Å²) in [5.41, 5.74) is 0.711. The third kappa shape index (κ3) is 1.91. The van der Waals surface area contributed by atoms with Gasteiger partial charge in [-0.15, -0.1) is 6.58 Å². The maximum atomic E-state index is 11.0. The average Bonchev–Trinajstić information content (AvgIpc) is 2.49. The Balaban J connectivity index is 2.69. The zero-order valence-electron chi connectivity index (χ0n) is 8.00. The number of carbonyl (C=O) groups excluding carboxylic acids is 1. The van der Waals surface area contributed by atoms with Gasteiger partial charge in [0.05, 0.1) is 26.4 Å². The molecule has 1 atom stereocenters. The Kier molecular flexibility index (Phi) is 2.76. The van der Waals surface area contributed by atoms with Gasteiger partial charge in [-0.2, -0.15) is 0 Å². The molecule has 3 nitrogen and oxygen atoms in total. The molecule has 0 N–H and O–H groups in total. The molecule has 0 fully saturated rings. The third-order valence-electron chi connectivity index (χ3n) is 2.36. The van der Waals surface area contributed by atoms with Crippen molar-refractivity contribution in [1.29, 1.82) is 0 Å². The molecule has 0 aromatic carbocycles. The van der Waals surface area contributed by atoms with Gasteiger partial charge in [-0.05, 0) is 12.5 Å². The van der Waals surface area contributed by atoms with E-state index in [4.69, 9.17) is 4.74 Å². The number of hydrogen-bond donors (Lipinski definition) is 0. The summed E-state index contributed by atoms with van der Waals surface area (Å²) in [6.45, 7) is 6.27. The molecule has 0 unspecified atom stereocenters. The molecule has 1 rings (SSSR count). The van der Waals surface area contributed by atoms with Crippen molar-refractivity contribution in [3.63, 3.8) is 0 Å². The van der Waals surface area contributed by atoms with Gasteiger partial charge in [-0.3, -0.25) is 4.79 Å². The molecule has 0 aromatic heterocycles. The number of methoxy groups -OCH3 is 1. The summed E-state index contributed by atoms with van der Waals surface area (Å²) in [4.78, 5) is 11.0. The lowest BCUT2D eigenvalue weighted by Gasteiger charge is -2.19. The Morgan fingerprint density at radius 2 is 2.62 bits per heavy atom. The first-order valence-corrected chi connectivity index (χ1v) is 4.14. The fourth-order valence-corrected chi connectivity index (χ4v) is 1.20. The van der Waals surface area contributed by atoms with Crippen LogP contribution in [0, 0.1) is 5.41 Å². The smallest absolute Gasteiger partial charge is 0.309 e. The summed E-state index contributed by atoms with van der Waals surface area (Å²) in [7, 11) is 1.38. The van der Waals surface area contributed by atoms with Crippen LogP contribution in [0.5, 0.6) is 0 Å². The van der Waals surface area contributed by atoms with Crippen molar-refractivity contribution in [3.8, 4) is 0 Å². The maximum Gasteiger partial charge on any atom is 0.309 e. The molecule has 1 aliphatic rings. The summed E-state index contributed by atoms with van der Waals surface area (Å²) < 4.78 is 9.75. The topological polar surface area (TPSA) is 35.5 Å². The molecule has 0 radical (unpaired) electrons. The van der Waals surface area contributed by atoms with Crippen molar-refractivity contribution in [2.45, 2.75) is 13.3 Å². The van der Waals surface area contributed by atoms with Gasteiger partial charge < -0.3 is 9.47 Å². The van der Waals surface area contributed by atoms with Gasteiger partial charge in [0, 0.05) is 5.41 Å². The molecule has 1 heterocycles. The van der Waals surface area contributed by atoms with E-state index in [1.807, 2.05) is 6.92 Å². The van der Waals surface area contributed by atoms with Crippen LogP contribution in [-0.2, 0) is 14.3 Å². The number of ether oxygens (including phenoxy) is 2. The van der Waals surface area contributed by atoms with Crippen LogP contribution in [0.2, 0.25) is 0 Å². The van der Waals surface area contributed by atoms with E-state index in [2.05, 4.69) is 11.3 Å². The fourth-order valence-electron chi connectivity index (χ4n) is 1.20. The molecule has 1 aliphatic heterocycles. The van der Waals surface area contributed by atoms with Gasteiger partial charge in [0.1, 0.15) is 0 Å². The first-order valence-electron chi connectivity index (χ1n) is 4.14. The van der Waals surface area contributed by atoms with Crippen molar-refractivity contribution in [1.82, 2.24) is 0 Å². The summed E-state index contributed by atoms with van der Waals surface area (Å²) in [5, 5.41) is 0. The lowest BCUT2D eigenvalue weighted by molar-refractivity contribution is -0.139. The standard InChI is InChI=1S/C10H14O3/c1-4-10(2)7-13-6-8(10)5-9(11)12-3/h4,6H,1,5,7H2,2-3H3/t10-/m0/s1. The highest BCUT2D eigenvalue weighted by atomic mass is 16.5. The van der Waals surface area contributed by atoms with Crippen LogP contribution >= 0.6 is 0 Å². The molecule has 0 spiro atoms. The monoisotopic (exact) mass is 182 g/mol. The lowest BCUT2D eigenvalue weighted by Crippen LogP contribution is -2.19. The summed E-state index contributed by atoms with van der Waals surface area (Å²) in [6, 6.07) is 0. The maximum absolute atomic E-state index is 11.0. The predicted octanol–water partition coefficient (Wildman–Crippen LogP) is 1.66. The highest BCUT2D eigenvalue weighted by Gasteiger charge is 2.32. The Labute approximate surface area is 78.0 Å². The second kappa shape index (κ2) is 3.64. The quantitative estimate of drug-likeness (QED) is 0.492. The molecule has 0 aromatic rings. The molecular formula is C10H14O3. The summed E-state index contributed by atoms with van der Waals surface area (Å²) in [5.74, 6) is -0.246. The Bertz CT molecular complexity index is 255. The second-order valence-electron chi connectivity index (χ2n) is 3.33. The zero-order chi connectivity index (χ0) is 9.90. The minimum absolute atomic E-state index is 0.214. The molecule has 0 amide bonds. The van der Waals surface area contributed by atoms with Crippen molar-refractivity contribution >= 4 is 5.97 Å². The molecule has 0 saturated carbocycles. The number of rotatable bonds is 3. The van der Waals surface area contributed by atoms with Gasteiger partial charge in [0.15, 0.2) is 0 Å². The van der Waals surface area contributed by atoms with Crippen LogP contribution in [0.15, 0.2) is 24.5 Å². The fraction of sp³-hybridized carbons (Fsp3) is 0.500. The van der Waals surface area contributed by atoms with Crippen LogP contribution < -0.4 is 0 Å². The van der Waals surface area contributed by atoms with Gasteiger partial charge in [-0.1, -0.05) is 6.08 Å². The third-order valence-corrected chi connectivity index (χ3v) is 2.36. The SMILES string of the molecule is C=C[C@@]1(C)COC=C1CC(=O)OC. The molecule has 3 heteroatoms. The van der Waals surface area contributed by atoms with Crippen molar-refractivity contribution in [3.05, 3.63) is 24.5 Å². The molecule has 0 bridgehead atoms. The molecule has 0 saturated heterocycles. The van der Waals surface area contributed by atoms with E-state index in [-0.39, 0.29) is 17.8 Å². The van der Waals surface area contributed by atoms with E-state index in [9.17, 15) is 4.79 Å². The van der Waals surface area contributed by atoms with E-state index >= 15 is 0 Å². The summed E-state index contributed by atoms with van der Waals surface area (Å²) >= 11 is 0. The van der Waals surface area contributed by atoms with Crippen molar-refractivity contribution < 1.29 is 14.3 Å². The minimum atomic E-state index is -0.246. The van der Waals surface area contributed by atoms with Crippen LogP contribution in [0.4, 0.5) is 0 Å². The molecule has 13 heavy (non-hydrogen) atoms. The Morgan fingerprint density at radius 3 is 3.15 bits per heavy atom. The van der Waals surface area contributed by atoms with Gasteiger partial charge in [0.2, 0.25) is 0 Å². The Hall–Kier alpha value is -1.25. The molecular weight excluding hydrogens is 168 g/mol. The normalized spacial score (nSPS) is 26.2. The summed E-state index contributed by atoms with van der Waals surface area (Å²) in [6.07, 6.45) is 3.70. The minimum Gasteiger partial charge on any atom is -0.500 e. The van der Waals surface area contributed by atoms with E-state index in [1.165, 1.54) is 7.11 Å². The number of esters is 1. The number of carbonyl (C=O) groups is 1. The van der Waals surface area contributed by atoms with Crippen LogP contribution in [-0.4, -0.2) is 19.7 Å². The van der Waals surface area contributed by atoms with Crippen LogP contribution in [0.25, 0.3) is 0 Å². The largest absolute Gasteiger partial charge is 0.500 e. The molecule has 72 valence electrons. The number of hydrogen-bond acceptors (Lipinski definition) is 3. The zero-order valence-corrected chi connectivity index (χ0v) is 8.00. The van der Waals surface area contributed by atoms with Gasteiger partial charge in [-0.25, -0.2) is 0 Å². The van der Waals surface area contributed by atoms with E-state index in [1.54, 1.807) is 12.3 Å². The van der Waals surface area contributed by atoms with Gasteiger partial charge >= 0.3 is 5.97 Å². The highest BCUT2D eigenvalue weighted by molar-refractivity contribution is 5.72. The second-order valence-corrected chi connectivity index (χ2v) is 3.33. The van der Waals surface area contributed by atoms with Crippen molar-refractivity contribution in [2.75, 3.05) is 13.7 Å². The van der Waals surface area contributed by atoms with Crippen molar-refractivity contribution in [2.24, 2.45) is 5.41 Å². The first-order chi connectivity index (χ1) is 6.12. The van der Waals surface area contributed by atoms with E-state index in [0.29, 0.717) is 6.61 Å². The van der Waals surface area contributed by atoms with Crippen LogP contribution in [0.1, 0.15) is 13.3 Å². The Morgan fingerprint density at radius 1 is 1.92 bits per heavy atom. The van der Waals surface area contributed by atoms with Crippen LogP contribution in [0.3, 0.4) is 0 Å². The average molecular weight is 182 g/mol. The molecule has 0 aliphatic carbocycles. The lowest BCUT2D eigenvalue weighted by atomic mass is 9.83. The van der Waals surface area contributed by atoms with E-state index in [0.717, 1.165) is 5.57 Å². The first kappa shape index (κ1) is 9.84. The highest BCUT2D eigenvalue weighted by Crippen LogP contribution is 2.35. The van der Waals surface area contributed by atoms with E-state index < -0.39 is 0 Å². The van der Waals surface area contributed by atoms with Gasteiger partial charge in [0.25, 0.3) is 0 Å².